The van der Waals surface area contributed by atoms with E-state index in [1.807, 2.05) is 26.0 Å². The number of benzene rings is 1. The highest BCUT2D eigenvalue weighted by molar-refractivity contribution is 5.82. The Hall–Kier alpha value is -1.65. The molecular weight excluding hydrogens is 206 g/mol. The van der Waals surface area contributed by atoms with E-state index in [9.17, 15) is 4.79 Å². The maximum atomic E-state index is 11.8. The Bertz CT molecular complexity index is 599. The third-order valence-electron chi connectivity index (χ3n) is 2.57. The summed E-state index contributed by atoms with van der Waals surface area (Å²) in [5, 5.41) is 18.7. The molecule has 0 saturated carbocycles. The molecule has 2 aromatic rings. The molecule has 0 unspecified atom stereocenters. The quantitative estimate of drug-likeness (QED) is 0.629. The van der Waals surface area contributed by atoms with Crippen molar-refractivity contribution in [3.8, 4) is 0 Å². The molecular formula is C12H13NO3. The second kappa shape index (κ2) is 3.73. The van der Waals surface area contributed by atoms with Crippen LogP contribution in [0.15, 0.2) is 23.0 Å². The first-order valence-electron chi connectivity index (χ1n) is 4.99. The predicted octanol–water partition coefficient (Wildman–Crippen LogP) is 1.13. The van der Waals surface area contributed by atoms with E-state index in [1.165, 1.54) is 6.07 Å². The first kappa shape index (κ1) is 10.9. The molecule has 84 valence electrons. The molecule has 0 aliphatic rings. The number of aromatic amines is 1. The van der Waals surface area contributed by atoms with Crippen molar-refractivity contribution < 1.29 is 10.2 Å². The number of rotatable bonds is 1. The van der Waals surface area contributed by atoms with Crippen LogP contribution >= 0.6 is 0 Å². The summed E-state index contributed by atoms with van der Waals surface area (Å²) < 4.78 is 0. The molecule has 4 nitrogen and oxygen atoms in total. The first-order valence-corrected chi connectivity index (χ1v) is 4.99. The minimum absolute atomic E-state index is 0.113. The molecule has 4 heteroatoms. The fourth-order valence-corrected chi connectivity index (χ4v) is 1.94. The topological polar surface area (TPSA) is 73.3 Å². The Morgan fingerprint density at radius 2 is 1.88 bits per heavy atom. The van der Waals surface area contributed by atoms with Crippen molar-refractivity contribution in [1.29, 1.82) is 0 Å². The average molecular weight is 219 g/mol. The lowest BCUT2D eigenvalue weighted by Gasteiger charge is -2.08. The van der Waals surface area contributed by atoms with Crippen LogP contribution in [0.1, 0.15) is 23.1 Å². The number of aromatic nitrogens is 1. The van der Waals surface area contributed by atoms with E-state index in [-0.39, 0.29) is 11.1 Å². The molecule has 3 N–H and O–H groups in total. The van der Waals surface area contributed by atoms with Gasteiger partial charge in [-0.3, -0.25) is 4.79 Å². The number of aliphatic hydroxyl groups is 2. The van der Waals surface area contributed by atoms with Gasteiger partial charge in [0.25, 0.3) is 0 Å². The predicted molar refractivity (Wildman–Crippen MR) is 61.2 cm³/mol. The fourth-order valence-electron chi connectivity index (χ4n) is 1.94. The minimum Gasteiger partial charge on any atom is -0.363 e. The average Bonchev–Trinajstić information content (AvgIpc) is 2.15. The van der Waals surface area contributed by atoms with Crippen molar-refractivity contribution in [2.45, 2.75) is 20.1 Å². The Labute approximate surface area is 92.2 Å². The summed E-state index contributed by atoms with van der Waals surface area (Å²) in [6.45, 7) is 3.78. The number of aliphatic hydroxyl groups excluding tert-OH is 1. The molecule has 0 bridgehead atoms. The summed E-state index contributed by atoms with van der Waals surface area (Å²) in [5.74, 6) is 0. The van der Waals surface area contributed by atoms with E-state index in [0.717, 1.165) is 11.1 Å². The van der Waals surface area contributed by atoms with Gasteiger partial charge in [0.15, 0.2) is 11.7 Å². The van der Waals surface area contributed by atoms with Gasteiger partial charge in [-0.2, -0.15) is 0 Å². The lowest BCUT2D eigenvalue weighted by atomic mass is 10.1. The summed E-state index contributed by atoms with van der Waals surface area (Å²) in [7, 11) is 0. The van der Waals surface area contributed by atoms with Crippen LogP contribution in [0.3, 0.4) is 0 Å². The molecule has 0 aliphatic carbocycles. The molecule has 1 aromatic carbocycles. The lowest BCUT2D eigenvalue weighted by molar-refractivity contribution is -0.0456. The molecule has 0 atom stereocenters. The van der Waals surface area contributed by atoms with Gasteiger partial charge in [0, 0.05) is 11.5 Å². The van der Waals surface area contributed by atoms with Crippen LogP contribution in [0.4, 0.5) is 0 Å². The third-order valence-corrected chi connectivity index (χ3v) is 2.57. The Balaban J connectivity index is 2.87. The molecule has 16 heavy (non-hydrogen) atoms. The lowest BCUT2D eigenvalue weighted by Crippen LogP contribution is -2.09. The zero-order valence-corrected chi connectivity index (χ0v) is 9.11. The van der Waals surface area contributed by atoms with Gasteiger partial charge in [-0.05, 0) is 31.0 Å². The number of fused-ring (bicyclic) bond motifs is 1. The van der Waals surface area contributed by atoms with Crippen LogP contribution in [-0.4, -0.2) is 15.2 Å². The van der Waals surface area contributed by atoms with E-state index < -0.39 is 6.29 Å². The van der Waals surface area contributed by atoms with Crippen molar-refractivity contribution in [3.05, 3.63) is 45.2 Å². The van der Waals surface area contributed by atoms with Crippen LogP contribution in [0.25, 0.3) is 10.9 Å². The molecule has 0 saturated heterocycles. The highest BCUT2D eigenvalue weighted by atomic mass is 16.5. The van der Waals surface area contributed by atoms with Gasteiger partial charge in [-0.15, -0.1) is 0 Å². The Kier molecular flexibility index (Phi) is 2.53. The van der Waals surface area contributed by atoms with Gasteiger partial charge in [0.2, 0.25) is 0 Å². The van der Waals surface area contributed by atoms with Crippen molar-refractivity contribution in [2.75, 3.05) is 0 Å². The number of nitrogens with one attached hydrogen (secondary N) is 1. The largest absolute Gasteiger partial charge is 0.363 e. The molecule has 0 fully saturated rings. The SMILES string of the molecule is Cc1cc(C)c2c(=O)cc(C(O)O)[nH]c2c1. The van der Waals surface area contributed by atoms with E-state index in [0.29, 0.717) is 10.9 Å². The zero-order valence-electron chi connectivity index (χ0n) is 9.11. The molecule has 0 spiro atoms. The van der Waals surface area contributed by atoms with Crippen LogP contribution in [0.5, 0.6) is 0 Å². The van der Waals surface area contributed by atoms with E-state index in [4.69, 9.17) is 10.2 Å². The van der Waals surface area contributed by atoms with Gasteiger partial charge in [-0.1, -0.05) is 6.07 Å². The standard InChI is InChI=1S/C12H13NO3/c1-6-3-7(2)11-8(4-6)13-9(12(15)16)5-10(11)14/h3-5,12,15-16H,1-2H3,(H,13,14). The van der Waals surface area contributed by atoms with Crippen LogP contribution in [0.2, 0.25) is 0 Å². The summed E-state index contributed by atoms with van der Waals surface area (Å²) in [6, 6.07) is 4.96. The maximum Gasteiger partial charge on any atom is 0.194 e. The van der Waals surface area contributed by atoms with Crippen LogP contribution < -0.4 is 5.43 Å². The molecule has 1 aromatic heterocycles. The fraction of sp³-hybridized carbons (Fsp3) is 0.250. The highest BCUT2D eigenvalue weighted by Crippen LogP contribution is 2.17. The van der Waals surface area contributed by atoms with E-state index >= 15 is 0 Å². The van der Waals surface area contributed by atoms with Crippen molar-refractivity contribution in [3.63, 3.8) is 0 Å². The summed E-state index contributed by atoms with van der Waals surface area (Å²) in [5.41, 5.74) is 2.45. The molecule has 1 heterocycles. The van der Waals surface area contributed by atoms with E-state index in [2.05, 4.69) is 4.98 Å². The summed E-state index contributed by atoms with van der Waals surface area (Å²) >= 11 is 0. The van der Waals surface area contributed by atoms with Crippen LogP contribution in [-0.2, 0) is 0 Å². The van der Waals surface area contributed by atoms with Crippen molar-refractivity contribution in [2.24, 2.45) is 0 Å². The number of pyridine rings is 1. The second-order valence-electron chi connectivity index (χ2n) is 3.97. The Morgan fingerprint density at radius 1 is 1.19 bits per heavy atom. The van der Waals surface area contributed by atoms with Crippen LogP contribution in [0, 0.1) is 13.8 Å². The van der Waals surface area contributed by atoms with Gasteiger partial charge < -0.3 is 15.2 Å². The van der Waals surface area contributed by atoms with Gasteiger partial charge in [-0.25, -0.2) is 0 Å². The number of aryl methyl sites for hydroxylation is 2. The van der Waals surface area contributed by atoms with Crippen molar-refractivity contribution in [1.82, 2.24) is 4.98 Å². The molecule has 0 amide bonds. The van der Waals surface area contributed by atoms with E-state index in [1.54, 1.807) is 0 Å². The van der Waals surface area contributed by atoms with Gasteiger partial charge in [0.1, 0.15) is 0 Å². The molecule has 0 radical (unpaired) electrons. The number of H-pyrrole nitrogens is 1. The monoisotopic (exact) mass is 219 g/mol. The smallest absolute Gasteiger partial charge is 0.194 e. The van der Waals surface area contributed by atoms with Gasteiger partial charge >= 0.3 is 0 Å². The Morgan fingerprint density at radius 3 is 2.50 bits per heavy atom. The third kappa shape index (κ3) is 1.73. The minimum atomic E-state index is -1.65. The number of hydrogen-bond acceptors (Lipinski definition) is 3. The van der Waals surface area contributed by atoms with Gasteiger partial charge in [0.05, 0.1) is 11.2 Å². The molecule has 0 aliphatic heterocycles. The summed E-state index contributed by atoms with van der Waals surface area (Å²) in [6.07, 6.45) is -1.65. The number of hydrogen-bond donors (Lipinski definition) is 3. The zero-order chi connectivity index (χ0) is 11.9. The normalized spacial score (nSPS) is 11.3. The maximum absolute atomic E-state index is 11.8. The highest BCUT2D eigenvalue weighted by Gasteiger charge is 2.09. The van der Waals surface area contributed by atoms with Crippen molar-refractivity contribution >= 4 is 10.9 Å². The first-order chi connectivity index (χ1) is 7.49. The second-order valence-corrected chi connectivity index (χ2v) is 3.97. The molecule has 2 rings (SSSR count). The summed E-state index contributed by atoms with van der Waals surface area (Å²) in [4.78, 5) is 14.6.